The highest BCUT2D eigenvalue weighted by Crippen LogP contribution is 2.65. The van der Waals surface area contributed by atoms with Crippen LogP contribution >= 0.6 is 0 Å². The summed E-state index contributed by atoms with van der Waals surface area (Å²) in [7, 11) is 0. The molecular weight excluding hydrogens is 222 g/mol. The van der Waals surface area contributed by atoms with Crippen LogP contribution in [0.15, 0.2) is 6.07 Å². The first kappa shape index (κ1) is 11.0. The van der Waals surface area contributed by atoms with Crippen molar-refractivity contribution in [2.45, 2.75) is 52.2 Å². The second-order valence-electron chi connectivity index (χ2n) is 6.49. The lowest BCUT2D eigenvalue weighted by Crippen LogP contribution is -2.24. The Labute approximate surface area is 109 Å². The SMILES string of the molecule is CCn1nc(C)cc1CNC1C2C3CCC(C3)C12. The predicted octanol–water partition coefficient (Wildman–Crippen LogP) is 2.35. The fourth-order valence-electron chi connectivity index (χ4n) is 4.84. The average molecular weight is 245 g/mol. The van der Waals surface area contributed by atoms with Gasteiger partial charge in [-0.05, 0) is 62.8 Å². The molecule has 18 heavy (non-hydrogen) atoms. The molecule has 3 saturated carbocycles. The molecule has 3 heteroatoms. The van der Waals surface area contributed by atoms with Gasteiger partial charge in [-0.3, -0.25) is 4.68 Å². The van der Waals surface area contributed by atoms with Gasteiger partial charge in [-0.15, -0.1) is 0 Å². The molecule has 1 aromatic heterocycles. The highest BCUT2D eigenvalue weighted by molar-refractivity contribution is 5.18. The fourth-order valence-corrected chi connectivity index (χ4v) is 4.84. The van der Waals surface area contributed by atoms with Crippen LogP contribution in [0.25, 0.3) is 0 Å². The molecule has 4 rings (SSSR count). The first-order valence-electron chi connectivity index (χ1n) is 7.54. The summed E-state index contributed by atoms with van der Waals surface area (Å²) in [4.78, 5) is 0. The first-order valence-corrected chi connectivity index (χ1v) is 7.54. The maximum Gasteiger partial charge on any atom is 0.0597 e. The van der Waals surface area contributed by atoms with Crippen molar-refractivity contribution < 1.29 is 0 Å². The number of nitrogens with zero attached hydrogens (tertiary/aromatic N) is 2. The maximum atomic E-state index is 4.52. The van der Waals surface area contributed by atoms with E-state index >= 15 is 0 Å². The van der Waals surface area contributed by atoms with Gasteiger partial charge in [0, 0.05) is 19.1 Å². The van der Waals surface area contributed by atoms with Crippen molar-refractivity contribution in [2.75, 3.05) is 0 Å². The van der Waals surface area contributed by atoms with E-state index in [-0.39, 0.29) is 0 Å². The average Bonchev–Trinajstić information content (AvgIpc) is 2.72. The van der Waals surface area contributed by atoms with Gasteiger partial charge in [-0.1, -0.05) is 0 Å². The topological polar surface area (TPSA) is 29.9 Å². The molecule has 1 N–H and O–H groups in total. The second-order valence-corrected chi connectivity index (χ2v) is 6.49. The van der Waals surface area contributed by atoms with Crippen LogP contribution in [0.2, 0.25) is 0 Å². The summed E-state index contributed by atoms with van der Waals surface area (Å²) in [5, 5.41) is 8.32. The maximum absolute atomic E-state index is 4.52. The van der Waals surface area contributed by atoms with Gasteiger partial charge in [0.1, 0.15) is 0 Å². The van der Waals surface area contributed by atoms with Crippen LogP contribution in [-0.2, 0) is 13.1 Å². The standard InChI is InChI=1S/C15H23N3/c1-3-18-12(6-9(2)17-18)8-16-15-13-10-4-5-11(7-10)14(13)15/h6,10-11,13-16H,3-5,7-8H2,1-2H3. The molecule has 4 atom stereocenters. The Morgan fingerprint density at radius 2 is 2.06 bits per heavy atom. The smallest absolute Gasteiger partial charge is 0.0597 e. The highest BCUT2D eigenvalue weighted by Gasteiger charge is 2.64. The molecule has 2 bridgehead atoms. The van der Waals surface area contributed by atoms with Crippen molar-refractivity contribution in [2.24, 2.45) is 23.7 Å². The molecule has 0 aromatic carbocycles. The molecule has 0 aliphatic heterocycles. The Bertz CT molecular complexity index is 448. The lowest BCUT2D eigenvalue weighted by molar-refractivity contribution is 0.454. The Balaban J connectivity index is 1.40. The molecular formula is C15H23N3. The molecule has 1 aromatic rings. The van der Waals surface area contributed by atoms with Gasteiger partial charge >= 0.3 is 0 Å². The lowest BCUT2D eigenvalue weighted by Gasteiger charge is -2.11. The number of aryl methyl sites for hydroxylation is 2. The van der Waals surface area contributed by atoms with Crippen LogP contribution in [0.3, 0.4) is 0 Å². The van der Waals surface area contributed by atoms with Crippen LogP contribution in [0.4, 0.5) is 0 Å². The summed E-state index contributed by atoms with van der Waals surface area (Å²) in [6.45, 7) is 6.24. The number of rotatable bonds is 4. The third-order valence-corrected chi connectivity index (χ3v) is 5.54. The molecule has 0 amide bonds. The molecule has 0 saturated heterocycles. The number of aromatic nitrogens is 2. The van der Waals surface area contributed by atoms with Crippen LogP contribution in [0, 0.1) is 30.6 Å². The summed E-state index contributed by atoms with van der Waals surface area (Å²) in [5.41, 5.74) is 2.50. The van der Waals surface area contributed by atoms with E-state index in [1.165, 1.54) is 18.5 Å². The number of hydrogen-bond acceptors (Lipinski definition) is 2. The number of hydrogen-bond donors (Lipinski definition) is 1. The van der Waals surface area contributed by atoms with Crippen molar-refractivity contribution in [1.82, 2.24) is 15.1 Å². The van der Waals surface area contributed by atoms with Crippen LogP contribution in [0.5, 0.6) is 0 Å². The van der Waals surface area contributed by atoms with Gasteiger partial charge in [-0.2, -0.15) is 5.10 Å². The van der Waals surface area contributed by atoms with Crippen LogP contribution < -0.4 is 5.32 Å². The van der Waals surface area contributed by atoms with Crippen molar-refractivity contribution in [1.29, 1.82) is 0 Å². The largest absolute Gasteiger partial charge is 0.308 e. The van der Waals surface area contributed by atoms with Gasteiger partial charge in [0.15, 0.2) is 0 Å². The number of nitrogens with one attached hydrogen (secondary N) is 1. The van der Waals surface area contributed by atoms with E-state index < -0.39 is 0 Å². The highest BCUT2D eigenvalue weighted by atomic mass is 15.3. The predicted molar refractivity (Wildman–Crippen MR) is 71.1 cm³/mol. The molecule has 4 unspecified atom stereocenters. The summed E-state index contributed by atoms with van der Waals surface area (Å²) < 4.78 is 2.13. The third-order valence-electron chi connectivity index (χ3n) is 5.54. The Morgan fingerprint density at radius 3 is 2.72 bits per heavy atom. The first-order chi connectivity index (χ1) is 8.78. The summed E-state index contributed by atoms with van der Waals surface area (Å²) in [6.07, 6.45) is 4.56. The van der Waals surface area contributed by atoms with Crippen molar-refractivity contribution in [3.63, 3.8) is 0 Å². The van der Waals surface area contributed by atoms with Gasteiger partial charge in [0.25, 0.3) is 0 Å². The monoisotopic (exact) mass is 245 g/mol. The fraction of sp³-hybridized carbons (Fsp3) is 0.800. The van der Waals surface area contributed by atoms with Crippen LogP contribution in [-0.4, -0.2) is 15.8 Å². The van der Waals surface area contributed by atoms with Crippen molar-refractivity contribution in [3.8, 4) is 0 Å². The normalized spacial score (nSPS) is 40.2. The van der Waals surface area contributed by atoms with E-state index in [1.807, 2.05) is 0 Å². The molecule has 98 valence electrons. The minimum Gasteiger partial charge on any atom is -0.308 e. The van der Waals surface area contributed by atoms with Gasteiger partial charge in [-0.25, -0.2) is 0 Å². The van der Waals surface area contributed by atoms with E-state index in [9.17, 15) is 0 Å². The molecule has 1 heterocycles. The van der Waals surface area contributed by atoms with E-state index in [0.717, 1.165) is 48.5 Å². The second kappa shape index (κ2) is 3.83. The minimum atomic E-state index is 0.830. The van der Waals surface area contributed by atoms with E-state index in [4.69, 9.17) is 0 Å². The third kappa shape index (κ3) is 1.49. The van der Waals surface area contributed by atoms with E-state index in [2.05, 4.69) is 35.0 Å². The zero-order valence-electron chi connectivity index (χ0n) is 11.4. The molecule has 0 spiro atoms. The summed E-state index contributed by atoms with van der Waals surface area (Å²) >= 11 is 0. The molecule has 3 nitrogen and oxygen atoms in total. The zero-order valence-corrected chi connectivity index (χ0v) is 11.4. The quantitative estimate of drug-likeness (QED) is 0.882. The molecule has 3 fully saturated rings. The Morgan fingerprint density at radius 1 is 1.33 bits per heavy atom. The van der Waals surface area contributed by atoms with Crippen molar-refractivity contribution >= 4 is 0 Å². The minimum absolute atomic E-state index is 0.830. The Kier molecular flexibility index (Phi) is 2.35. The van der Waals surface area contributed by atoms with Crippen molar-refractivity contribution in [3.05, 3.63) is 17.5 Å². The Hall–Kier alpha value is -0.830. The number of fused-ring (bicyclic) bond motifs is 5. The molecule has 3 aliphatic rings. The van der Waals surface area contributed by atoms with Gasteiger partial charge < -0.3 is 5.32 Å². The summed E-state index contributed by atoms with van der Waals surface area (Å²) in [5.74, 6) is 4.19. The molecule has 0 radical (unpaired) electrons. The van der Waals surface area contributed by atoms with Gasteiger partial charge in [0.05, 0.1) is 11.4 Å². The summed E-state index contributed by atoms with van der Waals surface area (Å²) in [6, 6.07) is 3.06. The van der Waals surface area contributed by atoms with Crippen LogP contribution in [0.1, 0.15) is 37.6 Å². The van der Waals surface area contributed by atoms with E-state index in [0.29, 0.717) is 0 Å². The lowest BCUT2D eigenvalue weighted by atomic mass is 10.0. The van der Waals surface area contributed by atoms with E-state index in [1.54, 1.807) is 6.42 Å². The van der Waals surface area contributed by atoms with Gasteiger partial charge in [0.2, 0.25) is 0 Å². The molecule has 3 aliphatic carbocycles. The zero-order chi connectivity index (χ0) is 12.3.